The van der Waals surface area contributed by atoms with Crippen LogP contribution in [0.5, 0.6) is 5.75 Å². The van der Waals surface area contributed by atoms with Gasteiger partial charge in [0, 0.05) is 44.1 Å². The Labute approximate surface area is 198 Å². The molecule has 2 aromatic rings. The van der Waals surface area contributed by atoms with Crippen LogP contribution in [0.2, 0.25) is 0 Å². The number of likely N-dealkylation sites (N-methyl/N-ethyl adjacent to an activating group) is 1. The number of anilines is 2. The summed E-state index contributed by atoms with van der Waals surface area (Å²) in [6, 6.07) is 11.6. The minimum Gasteiger partial charge on any atom is -0.497 e. The van der Waals surface area contributed by atoms with Crippen LogP contribution in [0.15, 0.2) is 42.5 Å². The Morgan fingerprint density at radius 1 is 1.15 bits per heavy atom. The van der Waals surface area contributed by atoms with Crippen LogP contribution >= 0.6 is 0 Å². The first-order chi connectivity index (χ1) is 16.2. The summed E-state index contributed by atoms with van der Waals surface area (Å²) in [5, 5.41) is 3.00. The first-order valence-corrected chi connectivity index (χ1v) is 11.5. The summed E-state index contributed by atoms with van der Waals surface area (Å²) >= 11 is 0. The number of methoxy groups -OCH3 is 1. The van der Waals surface area contributed by atoms with Crippen LogP contribution in [0, 0.1) is 5.92 Å². The molecule has 4 rings (SSSR count). The van der Waals surface area contributed by atoms with Gasteiger partial charge in [-0.15, -0.1) is 0 Å². The highest BCUT2D eigenvalue weighted by atomic mass is 19.4. The quantitative estimate of drug-likeness (QED) is 0.694. The van der Waals surface area contributed by atoms with Gasteiger partial charge in [-0.2, -0.15) is 13.2 Å². The lowest BCUT2D eigenvalue weighted by molar-refractivity contribution is -0.137. The number of rotatable bonds is 6. The molecule has 0 unspecified atom stereocenters. The van der Waals surface area contributed by atoms with Gasteiger partial charge in [-0.05, 0) is 68.5 Å². The largest absolute Gasteiger partial charge is 0.497 e. The molecule has 1 N–H and O–H groups in total. The molecule has 2 atom stereocenters. The van der Waals surface area contributed by atoms with Crippen molar-refractivity contribution >= 4 is 17.3 Å². The number of carbonyl (C=O) groups is 1. The van der Waals surface area contributed by atoms with Gasteiger partial charge in [-0.3, -0.25) is 4.79 Å². The third kappa shape index (κ3) is 5.09. The Morgan fingerprint density at radius 2 is 1.88 bits per heavy atom. The molecule has 0 spiro atoms. The molecule has 1 fully saturated rings. The van der Waals surface area contributed by atoms with Gasteiger partial charge < -0.3 is 24.8 Å². The molecular weight excluding hydrogens is 445 g/mol. The highest BCUT2D eigenvalue weighted by molar-refractivity contribution is 5.82. The summed E-state index contributed by atoms with van der Waals surface area (Å²) in [5.74, 6) is 0.211. The lowest BCUT2D eigenvalue weighted by atomic mass is 9.82. The molecule has 1 amide bonds. The van der Waals surface area contributed by atoms with Gasteiger partial charge in [-0.25, -0.2) is 0 Å². The average molecular weight is 477 g/mol. The number of alkyl halides is 3. The van der Waals surface area contributed by atoms with E-state index in [0.717, 1.165) is 23.2 Å². The van der Waals surface area contributed by atoms with Crippen molar-refractivity contribution in [1.82, 2.24) is 10.2 Å². The molecule has 0 aromatic heterocycles. The fourth-order valence-corrected chi connectivity index (χ4v) is 4.86. The Balaban J connectivity index is 1.62. The number of piperazine rings is 1. The van der Waals surface area contributed by atoms with Crippen molar-refractivity contribution in [3.05, 3.63) is 53.6 Å². The van der Waals surface area contributed by atoms with Gasteiger partial charge in [0.1, 0.15) is 5.75 Å². The first-order valence-electron chi connectivity index (χ1n) is 11.5. The molecule has 1 saturated heterocycles. The summed E-state index contributed by atoms with van der Waals surface area (Å²) in [6.07, 6.45) is -4.13. The first kappa shape index (κ1) is 24.2. The number of benzene rings is 2. The SMILES string of the molecule is COc1ccc(N2CCN3c4ccc(C(F)(F)F)cc4C[C@H](C(=O)NCCN(C)C)[C@@H]3C2)cc1. The van der Waals surface area contributed by atoms with Crippen LogP contribution in [0.1, 0.15) is 11.1 Å². The van der Waals surface area contributed by atoms with Crippen molar-refractivity contribution in [3.8, 4) is 5.75 Å². The molecule has 2 aliphatic heterocycles. The van der Waals surface area contributed by atoms with E-state index in [2.05, 4.69) is 15.1 Å². The van der Waals surface area contributed by atoms with Crippen molar-refractivity contribution in [2.24, 2.45) is 5.92 Å². The Hall–Kier alpha value is -2.94. The number of halogens is 3. The van der Waals surface area contributed by atoms with Crippen molar-refractivity contribution in [1.29, 1.82) is 0 Å². The molecule has 2 heterocycles. The van der Waals surface area contributed by atoms with Crippen LogP contribution in [0.3, 0.4) is 0 Å². The summed E-state index contributed by atoms with van der Waals surface area (Å²) in [4.78, 5) is 19.6. The number of hydrogen-bond acceptors (Lipinski definition) is 5. The maximum Gasteiger partial charge on any atom is 0.416 e. The number of ether oxygens (including phenoxy) is 1. The molecule has 9 heteroatoms. The maximum absolute atomic E-state index is 13.4. The zero-order valence-electron chi connectivity index (χ0n) is 19.7. The fourth-order valence-electron chi connectivity index (χ4n) is 4.86. The second kappa shape index (κ2) is 9.74. The highest BCUT2D eigenvalue weighted by Crippen LogP contribution is 2.40. The molecule has 2 aliphatic rings. The van der Waals surface area contributed by atoms with E-state index >= 15 is 0 Å². The zero-order valence-corrected chi connectivity index (χ0v) is 19.7. The molecule has 0 radical (unpaired) electrons. The van der Waals surface area contributed by atoms with E-state index in [1.54, 1.807) is 13.2 Å². The van der Waals surface area contributed by atoms with Crippen LogP contribution < -0.4 is 19.9 Å². The van der Waals surface area contributed by atoms with E-state index in [0.29, 0.717) is 38.3 Å². The molecule has 6 nitrogen and oxygen atoms in total. The minimum absolute atomic E-state index is 0.114. The minimum atomic E-state index is -4.41. The van der Waals surface area contributed by atoms with Crippen molar-refractivity contribution in [2.75, 3.05) is 63.7 Å². The van der Waals surface area contributed by atoms with E-state index in [1.807, 2.05) is 43.3 Å². The van der Waals surface area contributed by atoms with Crippen LogP contribution in [0.4, 0.5) is 24.5 Å². The average Bonchev–Trinajstić information content (AvgIpc) is 2.82. The molecule has 0 aliphatic carbocycles. The van der Waals surface area contributed by atoms with Crippen molar-refractivity contribution in [2.45, 2.75) is 18.6 Å². The molecule has 0 bridgehead atoms. The standard InChI is InChI=1S/C25H31F3N4O2/c1-30(2)11-10-29-24(33)21-15-17-14-18(25(26,27)28)4-9-22(17)32-13-12-31(16-23(21)32)19-5-7-20(34-3)8-6-19/h4-9,14,21,23H,10-13,15-16H2,1-3H3,(H,29,33)/t21-,23-/m0/s1. The second-order valence-electron chi connectivity index (χ2n) is 9.15. The lowest BCUT2D eigenvalue weighted by Gasteiger charge is -2.49. The number of nitrogens with zero attached hydrogens (tertiary/aromatic N) is 3. The van der Waals surface area contributed by atoms with E-state index in [9.17, 15) is 18.0 Å². The highest BCUT2D eigenvalue weighted by Gasteiger charge is 2.42. The Bertz CT molecular complexity index is 1010. The smallest absolute Gasteiger partial charge is 0.416 e. The number of carbonyl (C=O) groups excluding carboxylic acids is 1. The van der Waals surface area contributed by atoms with Crippen LogP contribution in [0.25, 0.3) is 0 Å². The number of hydrogen-bond donors (Lipinski definition) is 1. The molecule has 184 valence electrons. The monoisotopic (exact) mass is 476 g/mol. The van der Waals surface area contributed by atoms with Gasteiger partial charge in [0.2, 0.25) is 5.91 Å². The topological polar surface area (TPSA) is 48.1 Å². The van der Waals surface area contributed by atoms with E-state index < -0.39 is 17.7 Å². The molecule has 2 aromatic carbocycles. The summed E-state index contributed by atoms with van der Waals surface area (Å²) in [6.45, 7) is 3.12. The van der Waals surface area contributed by atoms with E-state index in [4.69, 9.17) is 4.74 Å². The number of amides is 1. The third-order valence-corrected chi connectivity index (χ3v) is 6.67. The fraction of sp³-hybridized carbons (Fsp3) is 0.480. The zero-order chi connectivity index (χ0) is 24.5. The van der Waals surface area contributed by atoms with E-state index in [-0.39, 0.29) is 18.4 Å². The lowest BCUT2D eigenvalue weighted by Crippen LogP contribution is -2.61. The summed E-state index contributed by atoms with van der Waals surface area (Å²) in [7, 11) is 5.48. The van der Waals surface area contributed by atoms with Gasteiger partial charge in [0.15, 0.2) is 0 Å². The van der Waals surface area contributed by atoms with Crippen LogP contribution in [-0.4, -0.2) is 70.8 Å². The van der Waals surface area contributed by atoms with Gasteiger partial charge in [0.05, 0.1) is 24.6 Å². The predicted octanol–water partition coefficient (Wildman–Crippen LogP) is 3.26. The normalized spacial score (nSPS) is 20.1. The van der Waals surface area contributed by atoms with Gasteiger partial charge >= 0.3 is 6.18 Å². The summed E-state index contributed by atoms with van der Waals surface area (Å²) in [5.41, 5.74) is 1.74. The molecule has 0 saturated carbocycles. The second-order valence-corrected chi connectivity index (χ2v) is 9.15. The molecule has 34 heavy (non-hydrogen) atoms. The predicted molar refractivity (Wildman–Crippen MR) is 127 cm³/mol. The Morgan fingerprint density at radius 3 is 2.53 bits per heavy atom. The Kier molecular flexibility index (Phi) is 6.93. The van der Waals surface area contributed by atoms with Gasteiger partial charge in [0.25, 0.3) is 0 Å². The van der Waals surface area contributed by atoms with E-state index in [1.165, 1.54) is 6.07 Å². The number of nitrogens with one attached hydrogen (secondary N) is 1. The summed E-state index contributed by atoms with van der Waals surface area (Å²) < 4.78 is 45.4. The van der Waals surface area contributed by atoms with Crippen molar-refractivity contribution in [3.63, 3.8) is 0 Å². The number of fused-ring (bicyclic) bond motifs is 3. The van der Waals surface area contributed by atoms with Crippen LogP contribution in [-0.2, 0) is 17.4 Å². The molecular formula is C25H31F3N4O2. The third-order valence-electron chi connectivity index (χ3n) is 6.67. The maximum atomic E-state index is 13.4. The van der Waals surface area contributed by atoms with Crippen molar-refractivity contribution < 1.29 is 22.7 Å². The van der Waals surface area contributed by atoms with Gasteiger partial charge in [-0.1, -0.05) is 0 Å².